The molecule has 0 fully saturated rings. The standard InChI is InChI=1S/C23H20N2O3/c1-14-4-7-16(8-5-14)22(26)24-17-9-11-20-18(13-17)23(27)25(3)19-12-15(2)6-10-21(19)28-20/h4-13H,1-3H3,(H,24,26). The van der Waals surface area contributed by atoms with Gasteiger partial charge in [0.05, 0.1) is 11.3 Å². The van der Waals surface area contributed by atoms with Crippen LogP contribution in [0.2, 0.25) is 0 Å². The molecule has 4 rings (SSSR count). The quantitative estimate of drug-likeness (QED) is 0.693. The van der Waals surface area contributed by atoms with Crippen LogP contribution in [0.25, 0.3) is 0 Å². The summed E-state index contributed by atoms with van der Waals surface area (Å²) in [4.78, 5) is 27.0. The van der Waals surface area contributed by atoms with Gasteiger partial charge in [-0.1, -0.05) is 23.8 Å². The number of carbonyl (C=O) groups excluding carboxylic acids is 2. The Bertz CT molecular complexity index is 1090. The maximum atomic E-state index is 13.0. The third-order valence-corrected chi connectivity index (χ3v) is 4.78. The van der Waals surface area contributed by atoms with Gasteiger partial charge in [-0.2, -0.15) is 0 Å². The van der Waals surface area contributed by atoms with Crippen molar-refractivity contribution in [2.45, 2.75) is 13.8 Å². The summed E-state index contributed by atoms with van der Waals surface area (Å²) in [6.45, 7) is 3.94. The number of carbonyl (C=O) groups is 2. The van der Waals surface area contributed by atoms with Gasteiger partial charge in [-0.25, -0.2) is 0 Å². The molecule has 1 N–H and O–H groups in total. The number of hydrogen-bond acceptors (Lipinski definition) is 3. The Morgan fingerprint density at radius 2 is 1.57 bits per heavy atom. The highest BCUT2D eigenvalue weighted by atomic mass is 16.5. The molecule has 0 radical (unpaired) electrons. The molecule has 140 valence electrons. The van der Waals surface area contributed by atoms with E-state index in [9.17, 15) is 9.59 Å². The largest absolute Gasteiger partial charge is 0.454 e. The Labute approximate surface area is 163 Å². The number of amides is 2. The second-order valence-corrected chi connectivity index (χ2v) is 6.97. The maximum Gasteiger partial charge on any atom is 0.261 e. The molecule has 0 saturated carbocycles. The fourth-order valence-corrected chi connectivity index (χ4v) is 3.16. The van der Waals surface area contributed by atoms with Crippen LogP contribution in [0.5, 0.6) is 11.5 Å². The Kier molecular flexibility index (Phi) is 4.35. The molecule has 3 aromatic rings. The van der Waals surface area contributed by atoms with Crippen molar-refractivity contribution in [1.82, 2.24) is 0 Å². The molecule has 5 nitrogen and oxygen atoms in total. The van der Waals surface area contributed by atoms with E-state index in [1.807, 2.05) is 44.2 Å². The molecule has 1 aliphatic heterocycles. The number of hydrogen-bond donors (Lipinski definition) is 1. The summed E-state index contributed by atoms with van der Waals surface area (Å²) in [5.74, 6) is 0.671. The number of nitrogens with one attached hydrogen (secondary N) is 1. The number of fused-ring (bicyclic) bond motifs is 2. The fourth-order valence-electron chi connectivity index (χ4n) is 3.16. The van der Waals surface area contributed by atoms with Crippen molar-refractivity contribution in [1.29, 1.82) is 0 Å². The van der Waals surface area contributed by atoms with E-state index in [2.05, 4.69) is 5.32 Å². The molecule has 0 spiro atoms. The predicted molar refractivity (Wildman–Crippen MR) is 110 cm³/mol. The van der Waals surface area contributed by atoms with Crippen molar-refractivity contribution in [2.24, 2.45) is 0 Å². The van der Waals surface area contributed by atoms with Crippen LogP contribution >= 0.6 is 0 Å². The average molecular weight is 372 g/mol. The molecular weight excluding hydrogens is 352 g/mol. The van der Waals surface area contributed by atoms with E-state index in [-0.39, 0.29) is 11.8 Å². The number of ether oxygens (including phenoxy) is 1. The summed E-state index contributed by atoms with van der Waals surface area (Å²) in [7, 11) is 1.72. The summed E-state index contributed by atoms with van der Waals surface area (Å²) in [6.07, 6.45) is 0. The molecule has 1 aliphatic rings. The second kappa shape index (κ2) is 6.85. The van der Waals surface area contributed by atoms with Crippen molar-refractivity contribution in [2.75, 3.05) is 17.3 Å². The summed E-state index contributed by atoms with van der Waals surface area (Å²) in [5.41, 5.74) is 4.34. The van der Waals surface area contributed by atoms with Gasteiger partial charge in [0.25, 0.3) is 11.8 Å². The molecular formula is C23H20N2O3. The number of benzene rings is 3. The molecule has 0 aromatic heterocycles. The van der Waals surface area contributed by atoms with Crippen LogP contribution in [0.15, 0.2) is 60.7 Å². The summed E-state index contributed by atoms with van der Waals surface area (Å²) in [6, 6.07) is 18.1. The smallest absolute Gasteiger partial charge is 0.261 e. The molecule has 2 amide bonds. The van der Waals surface area contributed by atoms with Crippen LogP contribution in [0, 0.1) is 13.8 Å². The number of nitrogens with zero attached hydrogens (tertiary/aromatic N) is 1. The van der Waals surface area contributed by atoms with Crippen molar-refractivity contribution >= 4 is 23.2 Å². The molecule has 0 unspecified atom stereocenters. The van der Waals surface area contributed by atoms with Gasteiger partial charge in [-0.05, 0) is 61.9 Å². The third-order valence-electron chi connectivity index (χ3n) is 4.78. The van der Waals surface area contributed by atoms with Gasteiger partial charge >= 0.3 is 0 Å². The number of rotatable bonds is 2. The predicted octanol–water partition coefficient (Wildman–Crippen LogP) is 4.94. The zero-order valence-electron chi connectivity index (χ0n) is 15.9. The van der Waals surface area contributed by atoms with Crippen molar-refractivity contribution in [3.63, 3.8) is 0 Å². The lowest BCUT2D eigenvalue weighted by atomic mass is 10.1. The molecule has 0 atom stereocenters. The maximum absolute atomic E-state index is 13.0. The minimum atomic E-state index is -0.228. The van der Waals surface area contributed by atoms with Crippen LogP contribution < -0.4 is 15.0 Å². The normalized spacial score (nSPS) is 12.5. The molecule has 0 bridgehead atoms. The zero-order chi connectivity index (χ0) is 19.8. The second-order valence-electron chi connectivity index (χ2n) is 6.97. The van der Waals surface area contributed by atoms with Crippen molar-refractivity contribution in [3.8, 4) is 11.5 Å². The first kappa shape index (κ1) is 17.8. The van der Waals surface area contributed by atoms with Gasteiger partial charge in [-0.3, -0.25) is 9.59 Å². The topological polar surface area (TPSA) is 58.6 Å². The Morgan fingerprint density at radius 1 is 0.893 bits per heavy atom. The highest BCUT2D eigenvalue weighted by Crippen LogP contribution is 2.39. The van der Waals surface area contributed by atoms with E-state index in [4.69, 9.17) is 4.74 Å². The van der Waals surface area contributed by atoms with Crippen LogP contribution in [-0.4, -0.2) is 18.9 Å². The van der Waals surface area contributed by atoms with Gasteiger partial charge in [0.2, 0.25) is 0 Å². The molecule has 3 aromatic carbocycles. The Morgan fingerprint density at radius 3 is 2.32 bits per heavy atom. The first-order chi connectivity index (χ1) is 13.4. The van der Waals surface area contributed by atoms with Crippen LogP contribution in [0.3, 0.4) is 0 Å². The SMILES string of the molecule is Cc1ccc(C(=O)Nc2ccc3c(c2)C(=O)N(C)c2cc(C)ccc2O3)cc1. The number of aryl methyl sites for hydroxylation is 2. The first-order valence-electron chi connectivity index (χ1n) is 9.01. The first-order valence-corrected chi connectivity index (χ1v) is 9.01. The number of anilines is 2. The van der Waals surface area contributed by atoms with Crippen molar-refractivity contribution < 1.29 is 14.3 Å². The molecule has 5 heteroatoms. The van der Waals surface area contributed by atoms with Crippen LogP contribution in [-0.2, 0) is 0 Å². The minimum Gasteiger partial charge on any atom is -0.454 e. The van der Waals surface area contributed by atoms with Gasteiger partial charge < -0.3 is 15.0 Å². The third kappa shape index (κ3) is 3.22. The zero-order valence-corrected chi connectivity index (χ0v) is 15.9. The van der Waals surface area contributed by atoms with Gasteiger partial charge in [0, 0.05) is 18.3 Å². The Hall–Kier alpha value is -3.60. The van der Waals surface area contributed by atoms with E-state index >= 15 is 0 Å². The van der Waals surface area contributed by atoms with E-state index in [1.165, 1.54) is 0 Å². The van der Waals surface area contributed by atoms with E-state index in [0.717, 1.165) is 11.1 Å². The fraction of sp³-hybridized carbons (Fsp3) is 0.130. The van der Waals surface area contributed by atoms with Crippen molar-refractivity contribution in [3.05, 3.63) is 82.9 Å². The van der Waals surface area contributed by atoms with Gasteiger partial charge in [-0.15, -0.1) is 0 Å². The lowest BCUT2D eigenvalue weighted by molar-refractivity contribution is 0.0990. The molecule has 0 aliphatic carbocycles. The van der Waals surface area contributed by atoms with Gasteiger partial charge in [0.15, 0.2) is 5.75 Å². The minimum absolute atomic E-state index is 0.189. The molecule has 0 saturated heterocycles. The molecule has 28 heavy (non-hydrogen) atoms. The van der Waals surface area contributed by atoms with E-state index in [0.29, 0.717) is 34.0 Å². The summed E-state index contributed by atoms with van der Waals surface area (Å²) in [5, 5.41) is 2.85. The highest BCUT2D eigenvalue weighted by molar-refractivity contribution is 6.11. The van der Waals surface area contributed by atoms with Crippen LogP contribution in [0.1, 0.15) is 31.8 Å². The lowest BCUT2D eigenvalue weighted by Crippen LogP contribution is -2.25. The monoisotopic (exact) mass is 372 g/mol. The lowest BCUT2D eigenvalue weighted by Gasteiger charge is -2.16. The molecule has 1 heterocycles. The van der Waals surface area contributed by atoms with E-state index < -0.39 is 0 Å². The Balaban J connectivity index is 1.65. The summed E-state index contributed by atoms with van der Waals surface area (Å²) < 4.78 is 5.98. The van der Waals surface area contributed by atoms with Crippen LogP contribution in [0.4, 0.5) is 11.4 Å². The average Bonchev–Trinajstić information content (AvgIpc) is 2.78. The van der Waals surface area contributed by atoms with E-state index in [1.54, 1.807) is 42.3 Å². The summed E-state index contributed by atoms with van der Waals surface area (Å²) >= 11 is 0. The highest BCUT2D eigenvalue weighted by Gasteiger charge is 2.26. The van der Waals surface area contributed by atoms with Gasteiger partial charge in [0.1, 0.15) is 5.75 Å².